The number of nitrogens with zero attached hydrogens (tertiary/aromatic N) is 3. The molecule has 0 N–H and O–H groups in total. The number of pyridine rings is 1. The summed E-state index contributed by atoms with van der Waals surface area (Å²) in [5.74, 6) is 0.0165. The highest BCUT2D eigenvalue weighted by Gasteiger charge is 2.15. The molecular formula is C22H17F2N3O3. The first-order valence-electron chi connectivity index (χ1n) is 9.02. The van der Waals surface area contributed by atoms with Crippen LogP contribution in [0.2, 0.25) is 0 Å². The zero-order valence-corrected chi connectivity index (χ0v) is 16.0. The van der Waals surface area contributed by atoms with Gasteiger partial charge in [0.05, 0.1) is 6.20 Å². The summed E-state index contributed by atoms with van der Waals surface area (Å²) < 4.78 is 40.0. The molecule has 4 rings (SSSR count). The fourth-order valence-corrected chi connectivity index (χ4v) is 2.99. The molecule has 0 aliphatic rings. The predicted molar refractivity (Wildman–Crippen MR) is 107 cm³/mol. The Morgan fingerprint density at radius 3 is 2.47 bits per heavy atom. The largest absolute Gasteiger partial charge is 0.463 e. The molecule has 4 aromatic rings. The first kappa shape index (κ1) is 19.4. The molecule has 0 bridgehead atoms. The highest BCUT2D eigenvalue weighted by atomic mass is 19.1. The van der Waals surface area contributed by atoms with Gasteiger partial charge in [0.15, 0.2) is 11.6 Å². The smallest absolute Gasteiger partial charge is 0.258 e. The molecule has 0 unspecified atom stereocenters. The van der Waals surface area contributed by atoms with Gasteiger partial charge in [0, 0.05) is 42.3 Å². The minimum absolute atomic E-state index is 0.00696. The molecule has 0 saturated heterocycles. The third-order valence-corrected chi connectivity index (χ3v) is 4.42. The van der Waals surface area contributed by atoms with Crippen molar-refractivity contribution >= 4 is 0 Å². The topological polar surface area (TPSA) is 58.3 Å². The first-order chi connectivity index (χ1) is 14.5. The van der Waals surface area contributed by atoms with E-state index in [0.717, 1.165) is 0 Å². The third kappa shape index (κ3) is 3.93. The SMILES string of the molecule is Cn1cc(-c2cn(-c3ccc(OCF)cc3)c(=O)cc2Oc2ccccc2F)cn1. The summed E-state index contributed by atoms with van der Waals surface area (Å²) in [4.78, 5) is 12.8. The van der Waals surface area contributed by atoms with Crippen LogP contribution in [-0.2, 0) is 7.05 Å². The Morgan fingerprint density at radius 1 is 1.03 bits per heavy atom. The molecule has 152 valence electrons. The van der Waals surface area contributed by atoms with E-state index in [4.69, 9.17) is 9.47 Å². The standard InChI is InChI=1S/C22H17F2N3O3/c1-26-12-15(11-25-26)18-13-27(16-6-8-17(9-7-16)29-14-23)22(28)10-21(18)30-20-5-3-2-4-19(20)24/h2-13H,14H2,1H3. The molecule has 0 spiro atoms. The average Bonchev–Trinajstić information content (AvgIpc) is 3.17. The van der Waals surface area contributed by atoms with Gasteiger partial charge in [0.25, 0.3) is 5.56 Å². The molecule has 0 aliphatic heterocycles. The van der Waals surface area contributed by atoms with E-state index in [0.29, 0.717) is 22.6 Å². The minimum Gasteiger partial charge on any atom is -0.463 e. The number of alkyl halides is 1. The third-order valence-electron chi connectivity index (χ3n) is 4.42. The van der Waals surface area contributed by atoms with Crippen LogP contribution in [0.5, 0.6) is 17.2 Å². The van der Waals surface area contributed by atoms with E-state index in [1.807, 2.05) is 0 Å². The van der Waals surface area contributed by atoms with Crippen molar-refractivity contribution in [2.45, 2.75) is 0 Å². The molecule has 2 heterocycles. The highest BCUT2D eigenvalue weighted by Crippen LogP contribution is 2.33. The van der Waals surface area contributed by atoms with Gasteiger partial charge in [-0.2, -0.15) is 5.10 Å². The van der Waals surface area contributed by atoms with Gasteiger partial charge in [-0.3, -0.25) is 14.0 Å². The van der Waals surface area contributed by atoms with Crippen LogP contribution in [0.25, 0.3) is 16.8 Å². The summed E-state index contributed by atoms with van der Waals surface area (Å²) in [7, 11) is 1.76. The van der Waals surface area contributed by atoms with Crippen LogP contribution >= 0.6 is 0 Å². The Hall–Kier alpha value is -3.94. The number of hydrogen-bond donors (Lipinski definition) is 0. The van der Waals surface area contributed by atoms with Crippen LogP contribution < -0.4 is 15.0 Å². The summed E-state index contributed by atoms with van der Waals surface area (Å²) >= 11 is 0. The molecule has 2 aromatic heterocycles. The lowest BCUT2D eigenvalue weighted by Gasteiger charge is -2.14. The average molecular weight is 409 g/mol. The maximum absolute atomic E-state index is 14.1. The minimum atomic E-state index is -0.938. The lowest BCUT2D eigenvalue weighted by Crippen LogP contribution is -2.17. The Labute approximate surface area is 170 Å². The second-order valence-electron chi connectivity index (χ2n) is 6.44. The molecule has 8 heteroatoms. The fraction of sp³-hybridized carbons (Fsp3) is 0.0909. The number of halogens is 2. The molecule has 0 atom stereocenters. The van der Waals surface area contributed by atoms with Crippen molar-refractivity contribution < 1.29 is 18.3 Å². The van der Waals surface area contributed by atoms with E-state index in [1.54, 1.807) is 66.7 Å². The molecule has 0 amide bonds. The van der Waals surface area contributed by atoms with Crippen LogP contribution in [0, 0.1) is 5.82 Å². The number of hydrogen-bond acceptors (Lipinski definition) is 4. The van der Waals surface area contributed by atoms with E-state index in [9.17, 15) is 13.6 Å². The van der Waals surface area contributed by atoms with Gasteiger partial charge in [-0.15, -0.1) is 0 Å². The number of aryl methyl sites for hydroxylation is 1. The summed E-state index contributed by atoms with van der Waals surface area (Å²) in [6.45, 7) is -0.938. The Kier molecular flexibility index (Phi) is 5.30. The lowest BCUT2D eigenvalue weighted by molar-refractivity contribution is 0.192. The summed E-state index contributed by atoms with van der Waals surface area (Å²) in [5, 5.41) is 4.16. The van der Waals surface area contributed by atoms with Gasteiger partial charge in [-0.25, -0.2) is 8.78 Å². The van der Waals surface area contributed by atoms with Crippen LogP contribution in [0.4, 0.5) is 8.78 Å². The van der Waals surface area contributed by atoms with Crippen molar-refractivity contribution in [3.05, 3.63) is 89.4 Å². The van der Waals surface area contributed by atoms with E-state index in [2.05, 4.69) is 5.10 Å². The number of rotatable bonds is 6. The Bertz CT molecular complexity index is 1230. The molecule has 2 aromatic carbocycles. The van der Waals surface area contributed by atoms with E-state index in [-0.39, 0.29) is 17.1 Å². The zero-order valence-electron chi connectivity index (χ0n) is 16.0. The van der Waals surface area contributed by atoms with Gasteiger partial charge >= 0.3 is 0 Å². The van der Waals surface area contributed by atoms with Crippen molar-refractivity contribution in [1.82, 2.24) is 14.3 Å². The van der Waals surface area contributed by atoms with Gasteiger partial charge in [-0.05, 0) is 36.4 Å². The molecular weight excluding hydrogens is 392 g/mol. The second-order valence-corrected chi connectivity index (χ2v) is 6.44. The van der Waals surface area contributed by atoms with Crippen LogP contribution in [-0.4, -0.2) is 21.2 Å². The maximum Gasteiger partial charge on any atom is 0.258 e. The predicted octanol–water partition coefficient (Wildman–Crippen LogP) is 4.48. The molecule has 30 heavy (non-hydrogen) atoms. The van der Waals surface area contributed by atoms with Gasteiger partial charge in [0.2, 0.25) is 6.86 Å². The molecule has 0 saturated carbocycles. The summed E-state index contributed by atoms with van der Waals surface area (Å²) in [5.41, 5.74) is 1.41. The van der Waals surface area contributed by atoms with Crippen molar-refractivity contribution in [2.24, 2.45) is 7.05 Å². The van der Waals surface area contributed by atoms with Crippen molar-refractivity contribution in [1.29, 1.82) is 0 Å². The number of para-hydroxylation sites is 1. The Balaban J connectivity index is 1.82. The van der Waals surface area contributed by atoms with Crippen LogP contribution in [0.1, 0.15) is 0 Å². The lowest BCUT2D eigenvalue weighted by atomic mass is 10.1. The van der Waals surface area contributed by atoms with Crippen LogP contribution in [0.3, 0.4) is 0 Å². The number of benzene rings is 2. The summed E-state index contributed by atoms with van der Waals surface area (Å²) in [6, 6.07) is 13.7. The quantitative estimate of drug-likeness (QED) is 0.471. The van der Waals surface area contributed by atoms with Crippen molar-refractivity contribution in [3.63, 3.8) is 0 Å². The van der Waals surface area contributed by atoms with Gasteiger partial charge in [-0.1, -0.05) is 12.1 Å². The molecule has 0 radical (unpaired) electrons. The first-order valence-corrected chi connectivity index (χ1v) is 9.02. The monoisotopic (exact) mass is 409 g/mol. The maximum atomic E-state index is 14.1. The zero-order chi connectivity index (χ0) is 21.1. The fourth-order valence-electron chi connectivity index (χ4n) is 2.99. The van der Waals surface area contributed by atoms with E-state index in [1.165, 1.54) is 22.8 Å². The molecule has 0 fully saturated rings. The van der Waals surface area contributed by atoms with Crippen LogP contribution in [0.15, 0.2) is 78.0 Å². The second kappa shape index (κ2) is 8.20. The van der Waals surface area contributed by atoms with E-state index < -0.39 is 12.7 Å². The molecule has 0 aliphatic carbocycles. The number of ether oxygens (including phenoxy) is 2. The normalized spacial score (nSPS) is 10.8. The number of aromatic nitrogens is 3. The Morgan fingerprint density at radius 2 is 1.80 bits per heavy atom. The highest BCUT2D eigenvalue weighted by molar-refractivity contribution is 5.69. The molecule has 6 nitrogen and oxygen atoms in total. The van der Waals surface area contributed by atoms with Gasteiger partial charge < -0.3 is 9.47 Å². The van der Waals surface area contributed by atoms with Crippen molar-refractivity contribution in [2.75, 3.05) is 6.86 Å². The van der Waals surface area contributed by atoms with E-state index >= 15 is 0 Å². The van der Waals surface area contributed by atoms with Gasteiger partial charge in [0.1, 0.15) is 11.5 Å². The summed E-state index contributed by atoms with van der Waals surface area (Å²) in [6.07, 6.45) is 4.98. The van der Waals surface area contributed by atoms with Crippen molar-refractivity contribution in [3.8, 4) is 34.1 Å².